The smallest absolute Gasteiger partial charge is 0.215 e. The number of hydrogen-bond donors (Lipinski definition) is 0. The van der Waals surface area contributed by atoms with Crippen LogP contribution < -0.4 is 4.74 Å². The van der Waals surface area contributed by atoms with Gasteiger partial charge in [-0.05, 0) is 26.8 Å². The first-order valence-corrected chi connectivity index (χ1v) is 5.66. The van der Waals surface area contributed by atoms with Gasteiger partial charge in [-0.1, -0.05) is 0 Å². The van der Waals surface area contributed by atoms with Crippen LogP contribution in [0.2, 0.25) is 0 Å². The highest BCUT2D eigenvalue weighted by Gasteiger charge is 2.09. The van der Waals surface area contributed by atoms with Crippen LogP contribution in [0.5, 0.6) is 5.88 Å². The summed E-state index contributed by atoms with van der Waals surface area (Å²) in [6.45, 7) is 6.26. The molecule has 90 valence electrons. The van der Waals surface area contributed by atoms with Crippen molar-refractivity contribution >= 4 is 0 Å². The van der Waals surface area contributed by atoms with Crippen molar-refractivity contribution in [1.82, 2.24) is 14.5 Å². The zero-order valence-corrected chi connectivity index (χ0v) is 10.6. The Hall–Kier alpha value is -1.84. The van der Waals surface area contributed by atoms with Crippen molar-refractivity contribution < 1.29 is 4.74 Å². The lowest BCUT2D eigenvalue weighted by molar-refractivity contribution is 0.394. The Morgan fingerprint density at radius 2 is 2.06 bits per heavy atom. The Bertz CT molecular complexity index is 517. The minimum absolute atomic E-state index is 0.384. The molecule has 4 nitrogen and oxygen atoms in total. The fraction of sp³-hybridized carbons (Fsp3) is 0.385. The molecule has 2 aromatic heterocycles. The van der Waals surface area contributed by atoms with E-state index in [1.54, 1.807) is 7.11 Å². The molecule has 0 atom stereocenters. The van der Waals surface area contributed by atoms with Crippen molar-refractivity contribution in [3.05, 3.63) is 30.4 Å². The van der Waals surface area contributed by atoms with Crippen LogP contribution in [0.1, 0.15) is 25.5 Å². The van der Waals surface area contributed by atoms with E-state index in [4.69, 9.17) is 4.74 Å². The molecule has 2 aromatic rings. The van der Waals surface area contributed by atoms with E-state index in [0.29, 0.717) is 11.9 Å². The lowest BCUT2D eigenvalue weighted by Crippen LogP contribution is -2.01. The Morgan fingerprint density at radius 3 is 2.65 bits per heavy atom. The van der Waals surface area contributed by atoms with Crippen LogP contribution in [-0.2, 0) is 0 Å². The second-order valence-electron chi connectivity index (χ2n) is 4.33. The van der Waals surface area contributed by atoms with Gasteiger partial charge in [0.15, 0.2) is 0 Å². The fourth-order valence-corrected chi connectivity index (χ4v) is 1.86. The van der Waals surface area contributed by atoms with Gasteiger partial charge in [-0.25, -0.2) is 9.97 Å². The first-order chi connectivity index (χ1) is 8.13. The molecule has 0 aromatic carbocycles. The summed E-state index contributed by atoms with van der Waals surface area (Å²) in [5.41, 5.74) is 3.18. The molecule has 2 rings (SSSR count). The molecule has 0 aliphatic rings. The van der Waals surface area contributed by atoms with Crippen LogP contribution in [0, 0.1) is 6.92 Å². The summed E-state index contributed by atoms with van der Waals surface area (Å²) in [5.74, 6) is 0.671. The van der Waals surface area contributed by atoms with Gasteiger partial charge in [0.05, 0.1) is 25.3 Å². The van der Waals surface area contributed by atoms with E-state index >= 15 is 0 Å². The number of rotatable bonds is 3. The van der Waals surface area contributed by atoms with Crippen LogP contribution >= 0.6 is 0 Å². The maximum Gasteiger partial charge on any atom is 0.215 e. The molecule has 0 aliphatic heterocycles. The predicted molar refractivity (Wildman–Crippen MR) is 67.1 cm³/mol. The number of nitrogens with zero attached hydrogens (tertiary/aromatic N) is 3. The molecule has 0 saturated carbocycles. The molecule has 4 heteroatoms. The van der Waals surface area contributed by atoms with E-state index in [0.717, 1.165) is 16.8 Å². The number of pyridine rings is 1. The lowest BCUT2D eigenvalue weighted by atomic mass is 10.1. The van der Waals surface area contributed by atoms with Gasteiger partial charge >= 0.3 is 0 Å². The molecular formula is C13H17N3O. The predicted octanol–water partition coefficient (Wildman–Crippen LogP) is 2.84. The van der Waals surface area contributed by atoms with E-state index < -0.39 is 0 Å². The van der Waals surface area contributed by atoms with Crippen molar-refractivity contribution in [3.8, 4) is 17.1 Å². The lowest BCUT2D eigenvalue weighted by Gasteiger charge is -2.12. The third-order valence-electron chi connectivity index (χ3n) is 2.74. The summed E-state index contributed by atoms with van der Waals surface area (Å²) >= 11 is 0. The SMILES string of the molecule is COc1ncc(-c2cncn2C(C)C)cc1C. The standard InChI is InChI=1S/C13H17N3O/c1-9(2)16-8-14-7-12(16)11-5-10(3)13(17-4)15-6-11/h5-9H,1-4H3. The molecule has 0 aliphatic carbocycles. The zero-order chi connectivity index (χ0) is 12.4. The molecule has 0 fully saturated rings. The van der Waals surface area contributed by atoms with Crippen molar-refractivity contribution in [1.29, 1.82) is 0 Å². The number of hydrogen-bond acceptors (Lipinski definition) is 3. The topological polar surface area (TPSA) is 39.9 Å². The number of aromatic nitrogens is 3. The van der Waals surface area contributed by atoms with E-state index in [-0.39, 0.29) is 0 Å². The molecule has 17 heavy (non-hydrogen) atoms. The van der Waals surface area contributed by atoms with Crippen LogP contribution in [0.15, 0.2) is 24.8 Å². The highest BCUT2D eigenvalue weighted by Crippen LogP contribution is 2.25. The molecule has 0 spiro atoms. The van der Waals surface area contributed by atoms with Crippen molar-refractivity contribution in [2.24, 2.45) is 0 Å². The number of imidazole rings is 1. The molecular weight excluding hydrogens is 214 g/mol. The van der Waals surface area contributed by atoms with Gasteiger partial charge in [0.2, 0.25) is 5.88 Å². The van der Waals surface area contributed by atoms with Gasteiger partial charge in [-0.2, -0.15) is 0 Å². The monoisotopic (exact) mass is 231 g/mol. The minimum Gasteiger partial charge on any atom is -0.481 e. The highest BCUT2D eigenvalue weighted by molar-refractivity contribution is 5.59. The van der Waals surface area contributed by atoms with Gasteiger partial charge in [0.1, 0.15) is 0 Å². The van der Waals surface area contributed by atoms with Crippen LogP contribution in [-0.4, -0.2) is 21.6 Å². The molecule has 0 radical (unpaired) electrons. The average Bonchev–Trinajstić information content (AvgIpc) is 2.77. The Balaban J connectivity index is 2.46. The maximum atomic E-state index is 5.16. The summed E-state index contributed by atoms with van der Waals surface area (Å²) < 4.78 is 7.29. The summed E-state index contributed by atoms with van der Waals surface area (Å²) in [6, 6.07) is 2.46. The summed E-state index contributed by atoms with van der Waals surface area (Å²) in [6.07, 6.45) is 5.53. The summed E-state index contributed by atoms with van der Waals surface area (Å²) in [7, 11) is 1.63. The summed E-state index contributed by atoms with van der Waals surface area (Å²) in [4.78, 5) is 8.49. The van der Waals surface area contributed by atoms with Gasteiger partial charge in [0.25, 0.3) is 0 Å². The third-order valence-corrected chi connectivity index (χ3v) is 2.74. The fourth-order valence-electron chi connectivity index (χ4n) is 1.86. The maximum absolute atomic E-state index is 5.16. The highest BCUT2D eigenvalue weighted by atomic mass is 16.5. The molecule has 0 unspecified atom stereocenters. The quantitative estimate of drug-likeness (QED) is 0.815. The Labute approximate surface area is 101 Å². The molecule has 0 bridgehead atoms. The van der Waals surface area contributed by atoms with E-state index in [2.05, 4.69) is 34.4 Å². The number of ether oxygens (including phenoxy) is 1. The second kappa shape index (κ2) is 4.57. The Kier molecular flexibility index (Phi) is 3.13. The third kappa shape index (κ3) is 2.16. The van der Waals surface area contributed by atoms with Gasteiger partial charge in [-0.3, -0.25) is 0 Å². The summed E-state index contributed by atoms with van der Waals surface area (Å²) in [5, 5.41) is 0. The van der Waals surface area contributed by atoms with Gasteiger partial charge in [0, 0.05) is 23.4 Å². The van der Waals surface area contributed by atoms with E-state index in [9.17, 15) is 0 Å². The second-order valence-corrected chi connectivity index (χ2v) is 4.33. The van der Waals surface area contributed by atoms with Crippen molar-refractivity contribution in [2.75, 3.05) is 7.11 Å². The number of aryl methyl sites for hydroxylation is 1. The van der Waals surface area contributed by atoms with Crippen molar-refractivity contribution in [2.45, 2.75) is 26.8 Å². The number of methoxy groups -OCH3 is 1. The van der Waals surface area contributed by atoms with Crippen LogP contribution in [0.4, 0.5) is 0 Å². The zero-order valence-electron chi connectivity index (χ0n) is 10.6. The molecule has 2 heterocycles. The van der Waals surface area contributed by atoms with Gasteiger partial charge < -0.3 is 9.30 Å². The van der Waals surface area contributed by atoms with Gasteiger partial charge in [-0.15, -0.1) is 0 Å². The Morgan fingerprint density at radius 1 is 1.29 bits per heavy atom. The minimum atomic E-state index is 0.384. The largest absolute Gasteiger partial charge is 0.481 e. The van der Waals surface area contributed by atoms with Crippen LogP contribution in [0.3, 0.4) is 0 Å². The normalized spacial score (nSPS) is 10.9. The average molecular weight is 231 g/mol. The van der Waals surface area contributed by atoms with Crippen molar-refractivity contribution in [3.63, 3.8) is 0 Å². The van der Waals surface area contributed by atoms with Crippen LogP contribution in [0.25, 0.3) is 11.3 Å². The first-order valence-electron chi connectivity index (χ1n) is 5.66. The van der Waals surface area contributed by atoms with E-state index in [1.807, 2.05) is 25.6 Å². The molecule has 0 N–H and O–H groups in total. The van der Waals surface area contributed by atoms with E-state index in [1.165, 1.54) is 0 Å². The molecule has 0 amide bonds. The molecule has 0 saturated heterocycles. The first kappa shape index (κ1) is 11.6.